The van der Waals surface area contributed by atoms with Crippen LogP contribution in [-0.2, 0) is 4.84 Å². The van der Waals surface area contributed by atoms with Crippen LogP contribution in [0.5, 0.6) is 11.5 Å². The summed E-state index contributed by atoms with van der Waals surface area (Å²) in [5, 5.41) is 11.9. The van der Waals surface area contributed by atoms with Crippen LogP contribution in [0.1, 0.15) is 11.1 Å². The van der Waals surface area contributed by atoms with Crippen LogP contribution < -0.4 is 9.47 Å². The Morgan fingerprint density at radius 3 is 2.40 bits per heavy atom. The number of H-pyrrole nitrogens is 1. The summed E-state index contributed by atoms with van der Waals surface area (Å²) in [4.78, 5) is 5.08. The first-order valence-electron chi connectivity index (χ1n) is 7.80. The molecule has 0 radical (unpaired) electrons. The van der Waals surface area contributed by atoms with Gasteiger partial charge in [-0.05, 0) is 18.2 Å². The summed E-state index contributed by atoms with van der Waals surface area (Å²) in [5.74, 6) is 1.32. The molecule has 1 aromatic heterocycles. The first-order chi connectivity index (χ1) is 12.3. The predicted octanol–water partition coefficient (Wildman–Crippen LogP) is 3.47. The molecule has 0 amide bonds. The fourth-order valence-electron chi connectivity index (χ4n) is 3.19. The van der Waals surface area contributed by atoms with Gasteiger partial charge in [-0.2, -0.15) is 5.10 Å². The minimum Gasteiger partial charge on any atom is -0.493 e. The Balaban J connectivity index is 1.91. The molecule has 6 heteroatoms. The van der Waals surface area contributed by atoms with E-state index in [4.69, 9.17) is 14.3 Å². The SMILES string of the molecule is CON=C1c2ccccc2-c2[nH]nc(-c3ccc(OC)c(OC)c3)c21. The van der Waals surface area contributed by atoms with Crippen molar-refractivity contribution in [1.82, 2.24) is 10.2 Å². The number of benzene rings is 2. The molecule has 2 aromatic carbocycles. The highest BCUT2D eigenvalue weighted by atomic mass is 16.6. The van der Waals surface area contributed by atoms with E-state index in [0.29, 0.717) is 11.5 Å². The number of hydrogen-bond acceptors (Lipinski definition) is 5. The highest BCUT2D eigenvalue weighted by molar-refractivity contribution is 6.26. The van der Waals surface area contributed by atoms with E-state index in [0.717, 1.165) is 39.4 Å². The van der Waals surface area contributed by atoms with Gasteiger partial charge < -0.3 is 14.3 Å². The van der Waals surface area contributed by atoms with Gasteiger partial charge in [-0.3, -0.25) is 5.10 Å². The van der Waals surface area contributed by atoms with Crippen LogP contribution in [0.25, 0.3) is 22.5 Å². The Labute approximate surface area is 145 Å². The molecule has 1 aliphatic rings. The number of ether oxygens (including phenoxy) is 2. The number of oxime groups is 1. The van der Waals surface area contributed by atoms with Crippen LogP contribution in [0.4, 0.5) is 0 Å². The van der Waals surface area contributed by atoms with Crippen LogP contribution in [0.15, 0.2) is 47.6 Å². The van der Waals surface area contributed by atoms with Crippen molar-refractivity contribution in [3.8, 4) is 34.0 Å². The molecule has 1 N–H and O–H groups in total. The third-order valence-corrected chi connectivity index (χ3v) is 4.29. The van der Waals surface area contributed by atoms with Crippen molar-refractivity contribution in [3.63, 3.8) is 0 Å². The predicted molar refractivity (Wildman–Crippen MR) is 95.2 cm³/mol. The number of nitrogens with zero attached hydrogens (tertiary/aromatic N) is 2. The second-order valence-corrected chi connectivity index (χ2v) is 5.56. The van der Waals surface area contributed by atoms with Crippen molar-refractivity contribution >= 4 is 5.71 Å². The average molecular weight is 335 g/mol. The van der Waals surface area contributed by atoms with E-state index in [2.05, 4.69) is 15.4 Å². The Hall–Kier alpha value is -3.28. The first kappa shape index (κ1) is 15.3. The summed E-state index contributed by atoms with van der Waals surface area (Å²) in [5.41, 5.74) is 6.43. The number of nitrogens with one attached hydrogen (secondary N) is 1. The van der Waals surface area contributed by atoms with Crippen molar-refractivity contribution in [2.75, 3.05) is 21.3 Å². The van der Waals surface area contributed by atoms with Gasteiger partial charge in [0.15, 0.2) is 11.5 Å². The fourth-order valence-corrected chi connectivity index (χ4v) is 3.19. The number of methoxy groups -OCH3 is 2. The van der Waals surface area contributed by atoms with E-state index < -0.39 is 0 Å². The highest BCUT2D eigenvalue weighted by Gasteiger charge is 2.31. The summed E-state index contributed by atoms with van der Waals surface area (Å²) >= 11 is 0. The van der Waals surface area contributed by atoms with E-state index in [1.54, 1.807) is 21.3 Å². The molecule has 0 atom stereocenters. The molecule has 6 nitrogen and oxygen atoms in total. The Bertz CT molecular complexity index is 976. The van der Waals surface area contributed by atoms with E-state index in [1.807, 2.05) is 42.5 Å². The second kappa shape index (κ2) is 5.98. The lowest BCUT2D eigenvalue weighted by atomic mass is 10.0. The molecule has 0 saturated carbocycles. The van der Waals surface area contributed by atoms with Crippen molar-refractivity contribution in [3.05, 3.63) is 53.6 Å². The molecule has 1 heterocycles. The molecule has 0 bridgehead atoms. The maximum Gasteiger partial charge on any atom is 0.161 e. The maximum atomic E-state index is 5.41. The van der Waals surface area contributed by atoms with E-state index in [9.17, 15) is 0 Å². The molecule has 0 saturated heterocycles. The van der Waals surface area contributed by atoms with Crippen molar-refractivity contribution in [2.45, 2.75) is 0 Å². The molecule has 4 rings (SSSR count). The molecular weight excluding hydrogens is 318 g/mol. The summed E-state index contributed by atoms with van der Waals surface area (Å²) in [6, 6.07) is 13.8. The molecule has 1 aliphatic carbocycles. The fraction of sp³-hybridized carbons (Fsp3) is 0.158. The Morgan fingerprint density at radius 2 is 1.68 bits per heavy atom. The number of rotatable bonds is 4. The summed E-state index contributed by atoms with van der Waals surface area (Å²) < 4.78 is 10.7. The minimum atomic E-state index is 0.650. The van der Waals surface area contributed by atoms with Gasteiger partial charge in [-0.15, -0.1) is 0 Å². The van der Waals surface area contributed by atoms with Crippen molar-refractivity contribution < 1.29 is 14.3 Å². The van der Waals surface area contributed by atoms with Crippen LogP contribution in [0, 0.1) is 0 Å². The smallest absolute Gasteiger partial charge is 0.161 e. The molecule has 0 spiro atoms. The van der Waals surface area contributed by atoms with Gasteiger partial charge in [-0.1, -0.05) is 29.4 Å². The van der Waals surface area contributed by atoms with Crippen LogP contribution in [-0.4, -0.2) is 37.2 Å². The minimum absolute atomic E-state index is 0.650. The molecule has 0 fully saturated rings. The third-order valence-electron chi connectivity index (χ3n) is 4.29. The lowest BCUT2D eigenvalue weighted by Crippen LogP contribution is -2.01. The summed E-state index contributed by atoms with van der Waals surface area (Å²) in [6.07, 6.45) is 0. The highest BCUT2D eigenvalue weighted by Crippen LogP contribution is 2.41. The van der Waals surface area contributed by atoms with Crippen molar-refractivity contribution in [2.24, 2.45) is 5.16 Å². The lowest BCUT2D eigenvalue weighted by Gasteiger charge is -2.09. The second-order valence-electron chi connectivity index (χ2n) is 5.56. The number of hydrogen-bond donors (Lipinski definition) is 1. The van der Waals surface area contributed by atoms with Crippen LogP contribution >= 0.6 is 0 Å². The standard InChI is InChI=1S/C19H17N3O3/c1-23-14-9-8-11(10-15(14)24-2)17-16-18(21-20-17)12-6-4-5-7-13(12)19(16)22-25-3/h4-10H,1-3H3,(H,20,21). The number of aromatic amines is 1. The zero-order valence-electron chi connectivity index (χ0n) is 14.2. The summed E-state index contributed by atoms with van der Waals surface area (Å²) in [7, 11) is 4.78. The lowest BCUT2D eigenvalue weighted by molar-refractivity contribution is 0.214. The molecule has 0 unspecified atom stereocenters. The topological polar surface area (TPSA) is 68.7 Å². The van der Waals surface area contributed by atoms with Gasteiger partial charge in [0.25, 0.3) is 0 Å². The van der Waals surface area contributed by atoms with Gasteiger partial charge in [0.2, 0.25) is 0 Å². The molecular formula is C19H17N3O3. The quantitative estimate of drug-likeness (QED) is 0.580. The zero-order chi connectivity index (χ0) is 17.4. The van der Waals surface area contributed by atoms with Gasteiger partial charge in [0.1, 0.15) is 18.5 Å². The molecule has 3 aromatic rings. The van der Waals surface area contributed by atoms with Crippen molar-refractivity contribution in [1.29, 1.82) is 0 Å². The van der Waals surface area contributed by atoms with Gasteiger partial charge >= 0.3 is 0 Å². The van der Waals surface area contributed by atoms with Gasteiger partial charge in [0, 0.05) is 16.7 Å². The average Bonchev–Trinajstić information content (AvgIpc) is 3.21. The zero-order valence-corrected chi connectivity index (χ0v) is 14.2. The van der Waals surface area contributed by atoms with E-state index in [-0.39, 0.29) is 0 Å². The number of aromatic nitrogens is 2. The van der Waals surface area contributed by atoms with Crippen LogP contribution in [0.2, 0.25) is 0 Å². The first-order valence-corrected chi connectivity index (χ1v) is 7.80. The maximum absolute atomic E-state index is 5.41. The van der Waals surface area contributed by atoms with E-state index in [1.165, 1.54) is 0 Å². The van der Waals surface area contributed by atoms with Gasteiger partial charge in [0.05, 0.1) is 25.5 Å². The largest absolute Gasteiger partial charge is 0.493 e. The van der Waals surface area contributed by atoms with E-state index >= 15 is 0 Å². The molecule has 25 heavy (non-hydrogen) atoms. The summed E-state index contributed by atoms with van der Waals surface area (Å²) in [6.45, 7) is 0. The van der Waals surface area contributed by atoms with Gasteiger partial charge in [-0.25, -0.2) is 0 Å². The molecule has 126 valence electrons. The molecule has 0 aliphatic heterocycles. The third kappa shape index (κ3) is 2.26. The Kier molecular flexibility index (Phi) is 3.65. The van der Waals surface area contributed by atoms with Crippen LogP contribution in [0.3, 0.4) is 0 Å². The normalized spacial score (nSPS) is 13.5. The monoisotopic (exact) mass is 335 g/mol. The number of fused-ring (bicyclic) bond motifs is 3. The Morgan fingerprint density at radius 1 is 0.920 bits per heavy atom.